The molecule has 2 aliphatic heterocycles. The second kappa shape index (κ2) is 11.5. The van der Waals surface area contributed by atoms with E-state index in [1.54, 1.807) is 42.5 Å². The average molecular weight is 497 g/mol. The average Bonchev–Trinajstić information content (AvgIpc) is 3.17. The molecule has 0 aliphatic carbocycles. The maximum absolute atomic E-state index is 13.3. The van der Waals surface area contributed by atoms with Crippen LogP contribution in [0.25, 0.3) is 5.76 Å². The maximum Gasteiger partial charge on any atom is 0.295 e. The molecule has 1 unspecified atom stereocenters. The first-order valence-corrected chi connectivity index (χ1v) is 12.0. The molecule has 9 nitrogen and oxygen atoms in total. The van der Waals surface area contributed by atoms with Crippen LogP contribution in [0.4, 0.5) is 0 Å². The Morgan fingerprint density at radius 3 is 2.47 bits per heavy atom. The summed E-state index contributed by atoms with van der Waals surface area (Å²) in [6, 6.07) is 11.3. The van der Waals surface area contributed by atoms with Crippen LogP contribution in [0.1, 0.15) is 24.1 Å². The van der Waals surface area contributed by atoms with Crippen LogP contribution in [0, 0.1) is 0 Å². The molecular formula is C27H32N2O7. The van der Waals surface area contributed by atoms with Crippen LogP contribution in [0.15, 0.2) is 48.0 Å². The van der Waals surface area contributed by atoms with Gasteiger partial charge in [0, 0.05) is 31.7 Å². The number of hydrogen-bond acceptors (Lipinski definition) is 8. The molecule has 0 aromatic heterocycles. The molecule has 1 N–H and O–H groups in total. The summed E-state index contributed by atoms with van der Waals surface area (Å²) in [7, 11) is 3.06. The molecule has 2 saturated heterocycles. The first kappa shape index (κ1) is 25.5. The first-order chi connectivity index (χ1) is 17.5. The van der Waals surface area contributed by atoms with Crippen molar-refractivity contribution in [1.82, 2.24) is 9.80 Å². The minimum atomic E-state index is -0.790. The summed E-state index contributed by atoms with van der Waals surface area (Å²) >= 11 is 0. The minimum Gasteiger partial charge on any atom is -0.507 e. The number of likely N-dealkylation sites (tertiary alicyclic amines) is 1. The molecule has 192 valence electrons. The molecule has 0 saturated carbocycles. The number of amides is 1. The molecule has 2 aromatic carbocycles. The zero-order valence-electron chi connectivity index (χ0n) is 20.9. The Hall–Kier alpha value is -3.56. The second-order valence-electron chi connectivity index (χ2n) is 8.52. The standard InChI is InChI=1S/C27H32N2O7/c1-4-36-20-7-5-6-19(16-20)25(30)23-24(18-8-9-21(33-2)22(17-18)34-3)29(27(32)26(23)31)11-10-28-12-14-35-15-13-28/h5-9,16-17,24,30H,4,10-15H2,1-3H3/b25-23+. The number of carbonyl (C=O) groups is 2. The van der Waals surface area contributed by atoms with Gasteiger partial charge in [0.1, 0.15) is 11.5 Å². The number of carbonyl (C=O) groups excluding carboxylic acids is 2. The maximum atomic E-state index is 13.3. The summed E-state index contributed by atoms with van der Waals surface area (Å²) in [5, 5.41) is 11.3. The van der Waals surface area contributed by atoms with Gasteiger partial charge < -0.3 is 29.0 Å². The van der Waals surface area contributed by atoms with E-state index in [4.69, 9.17) is 18.9 Å². The predicted octanol–water partition coefficient (Wildman–Crippen LogP) is 2.86. The van der Waals surface area contributed by atoms with Crippen LogP contribution in [-0.2, 0) is 14.3 Å². The van der Waals surface area contributed by atoms with E-state index in [0.717, 1.165) is 13.1 Å². The van der Waals surface area contributed by atoms with Crippen molar-refractivity contribution in [2.75, 3.05) is 60.2 Å². The van der Waals surface area contributed by atoms with Crippen LogP contribution in [0.2, 0.25) is 0 Å². The number of nitrogens with zero attached hydrogens (tertiary/aromatic N) is 2. The van der Waals surface area contributed by atoms with Crippen LogP contribution < -0.4 is 14.2 Å². The largest absolute Gasteiger partial charge is 0.507 e. The third-order valence-electron chi connectivity index (χ3n) is 6.44. The van der Waals surface area contributed by atoms with E-state index in [-0.39, 0.29) is 11.3 Å². The fourth-order valence-corrected chi connectivity index (χ4v) is 4.61. The molecule has 2 fully saturated rings. The summed E-state index contributed by atoms with van der Waals surface area (Å²) in [5.41, 5.74) is 1.07. The van der Waals surface area contributed by atoms with Crippen molar-refractivity contribution in [3.63, 3.8) is 0 Å². The Balaban J connectivity index is 1.78. The van der Waals surface area contributed by atoms with E-state index in [1.807, 2.05) is 6.92 Å². The highest BCUT2D eigenvalue weighted by Gasteiger charge is 2.46. The summed E-state index contributed by atoms with van der Waals surface area (Å²) < 4.78 is 21.8. The number of Topliss-reactive ketones (excluding diaryl/α,β-unsaturated/α-hetero) is 1. The van der Waals surface area contributed by atoms with Crippen LogP contribution in [0.5, 0.6) is 17.2 Å². The van der Waals surface area contributed by atoms with Crippen molar-refractivity contribution in [3.8, 4) is 17.2 Å². The predicted molar refractivity (Wildman–Crippen MR) is 133 cm³/mol. The van der Waals surface area contributed by atoms with E-state index < -0.39 is 17.7 Å². The lowest BCUT2D eigenvalue weighted by molar-refractivity contribution is -0.140. The highest BCUT2D eigenvalue weighted by molar-refractivity contribution is 6.46. The quantitative estimate of drug-likeness (QED) is 0.322. The summed E-state index contributed by atoms with van der Waals surface area (Å²) in [6.45, 7) is 6.01. The fraction of sp³-hybridized carbons (Fsp3) is 0.407. The molecule has 2 heterocycles. The Bertz CT molecular complexity index is 1140. The first-order valence-electron chi connectivity index (χ1n) is 12.0. The molecule has 9 heteroatoms. The van der Waals surface area contributed by atoms with Gasteiger partial charge in [0.2, 0.25) is 0 Å². The van der Waals surface area contributed by atoms with E-state index in [0.29, 0.717) is 61.3 Å². The van der Waals surface area contributed by atoms with Gasteiger partial charge in [0.15, 0.2) is 11.5 Å². The van der Waals surface area contributed by atoms with Gasteiger partial charge in [0.25, 0.3) is 11.7 Å². The number of aliphatic hydroxyl groups is 1. The Labute approximate surface area is 210 Å². The van der Waals surface area contributed by atoms with Crippen molar-refractivity contribution >= 4 is 17.4 Å². The Morgan fingerprint density at radius 1 is 1.03 bits per heavy atom. The number of rotatable bonds is 9. The molecule has 36 heavy (non-hydrogen) atoms. The van der Waals surface area contributed by atoms with Gasteiger partial charge in [-0.1, -0.05) is 18.2 Å². The topological polar surface area (TPSA) is 97.8 Å². The lowest BCUT2D eigenvalue weighted by Gasteiger charge is -2.31. The van der Waals surface area contributed by atoms with Crippen molar-refractivity contribution in [2.24, 2.45) is 0 Å². The molecule has 4 rings (SSSR count). The highest BCUT2D eigenvalue weighted by atomic mass is 16.5. The Morgan fingerprint density at radius 2 is 1.78 bits per heavy atom. The van der Waals surface area contributed by atoms with Crippen molar-refractivity contribution in [2.45, 2.75) is 13.0 Å². The molecule has 2 aliphatic rings. The summed E-state index contributed by atoms with van der Waals surface area (Å²) in [6.07, 6.45) is 0. The van der Waals surface area contributed by atoms with E-state index >= 15 is 0 Å². The third-order valence-corrected chi connectivity index (χ3v) is 6.44. The molecule has 1 atom stereocenters. The van der Waals surface area contributed by atoms with E-state index in [9.17, 15) is 14.7 Å². The van der Waals surface area contributed by atoms with Gasteiger partial charge in [-0.2, -0.15) is 0 Å². The highest BCUT2D eigenvalue weighted by Crippen LogP contribution is 2.42. The second-order valence-corrected chi connectivity index (χ2v) is 8.52. The molecule has 0 radical (unpaired) electrons. The zero-order chi connectivity index (χ0) is 25.7. The number of methoxy groups -OCH3 is 2. The molecule has 1 amide bonds. The van der Waals surface area contributed by atoms with Crippen LogP contribution >= 0.6 is 0 Å². The van der Waals surface area contributed by atoms with Crippen molar-refractivity contribution in [1.29, 1.82) is 0 Å². The van der Waals surface area contributed by atoms with Gasteiger partial charge in [0.05, 0.1) is 45.7 Å². The van der Waals surface area contributed by atoms with Gasteiger partial charge in [-0.25, -0.2) is 0 Å². The Kier molecular flexibility index (Phi) is 8.12. The van der Waals surface area contributed by atoms with E-state index in [2.05, 4.69) is 4.90 Å². The number of ether oxygens (including phenoxy) is 4. The van der Waals surface area contributed by atoms with Crippen LogP contribution in [-0.4, -0.2) is 86.8 Å². The van der Waals surface area contributed by atoms with Crippen LogP contribution in [0.3, 0.4) is 0 Å². The third kappa shape index (κ3) is 5.17. The van der Waals surface area contributed by atoms with Crippen molar-refractivity contribution < 1.29 is 33.6 Å². The van der Waals surface area contributed by atoms with Gasteiger partial charge >= 0.3 is 0 Å². The number of ketones is 1. The SMILES string of the molecule is CCOc1cccc(/C(O)=C2\C(=O)C(=O)N(CCN3CCOCC3)C2c2ccc(OC)c(OC)c2)c1. The number of morpholine rings is 1. The molecule has 2 aromatic rings. The van der Waals surface area contributed by atoms with Gasteiger partial charge in [-0.05, 0) is 36.8 Å². The zero-order valence-corrected chi connectivity index (χ0v) is 20.9. The normalized spacial score (nSPS) is 20.0. The molecular weight excluding hydrogens is 464 g/mol. The lowest BCUT2D eigenvalue weighted by atomic mass is 9.95. The fourth-order valence-electron chi connectivity index (χ4n) is 4.61. The smallest absolute Gasteiger partial charge is 0.295 e. The number of aliphatic hydroxyl groups excluding tert-OH is 1. The molecule has 0 spiro atoms. The molecule has 0 bridgehead atoms. The number of benzene rings is 2. The minimum absolute atomic E-state index is 0.0304. The number of hydrogen-bond donors (Lipinski definition) is 1. The van der Waals surface area contributed by atoms with Gasteiger partial charge in [-0.3, -0.25) is 14.5 Å². The van der Waals surface area contributed by atoms with Crippen molar-refractivity contribution in [3.05, 3.63) is 59.2 Å². The summed E-state index contributed by atoms with van der Waals surface area (Å²) in [5.74, 6) is -0.0704. The monoisotopic (exact) mass is 496 g/mol. The summed E-state index contributed by atoms with van der Waals surface area (Å²) in [4.78, 5) is 30.3. The van der Waals surface area contributed by atoms with E-state index in [1.165, 1.54) is 19.1 Å². The lowest BCUT2D eigenvalue weighted by Crippen LogP contribution is -2.42. The van der Waals surface area contributed by atoms with Gasteiger partial charge in [-0.15, -0.1) is 0 Å².